The van der Waals surface area contributed by atoms with Crippen LogP contribution in [0.2, 0.25) is 8.87 Å². The van der Waals surface area contributed by atoms with E-state index in [4.69, 9.17) is 15.6 Å². The molecular weight excluding hydrogens is 469 g/mol. The second-order valence-electron chi connectivity index (χ2n) is 6.72. The van der Waals surface area contributed by atoms with E-state index in [1.807, 2.05) is 0 Å². The van der Waals surface area contributed by atoms with Crippen molar-refractivity contribution in [3.8, 4) is 0 Å². The smallest absolute Gasteiger partial charge is 0.167 e. The minimum absolute atomic E-state index is 0.149. The zero-order valence-corrected chi connectivity index (χ0v) is 19.3. The Labute approximate surface area is 175 Å². The summed E-state index contributed by atoms with van der Waals surface area (Å²) in [5.74, 6) is 0.182. The maximum Gasteiger partial charge on any atom is 0.167 e. The van der Waals surface area contributed by atoms with E-state index in [-0.39, 0.29) is 27.0 Å². The third kappa shape index (κ3) is 5.75. The standard InChI is InChI=1S/C10H11N5O4.2C4H9.Sn/c11-8-5-9(13-2-12-8)15(3-14-5)10-7(18)6(17)4(1-16)19-10;2*1-3-4-2;/h2-4,6-7,10,16H,1H2,(H2,11,12,13);2*1,3-4H2,2H3;/q-2;;;+2/t4-,6-,7-,10-;;;/m1.../s1. The Morgan fingerprint density at radius 1 is 1.14 bits per heavy atom. The molecule has 4 atom stereocenters. The first kappa shape index (κ1) is 23.3. The van der Waals surface area contributed by atoms with Crippen molar-refractivity contribution in [1.82, 2.24) is 19.5 Å². The molecule has 2 aromatic heterocycles. The van der Waals surface area contributed by atoms with Crippen molar-refractivity contribution in [3.63, 3.8) is 0 Å². The summed E-state index contributed by atoms with van der Waals surface area (Å²) in [6.45, 7) is 4.09. The molecule has 0 aromatic carbocycles. The number of imidazole rings is 1. The van der Waals surface area contributed by atoms with E-state index in [2.05, 4.69) is 28.8 Å². The molecule has 0 radical (unpaired) electrons. The summed E-state index contributed by atoms with van der Waals surface area (Å²) in [5, 5.41) is 32.5. The molecule has 28 heavy (non-hydrogen) atoms. The minimum atomic E-state index is -1.55. The van der Waals surface area contributed by atoms with Gasteiger partial charge < -0.3 is 25.8 Å². The third-order valence-corrected chi connectivity index (χ3v) is 8.58. The first-order chi connectivity index (χ1) is 13.5. The summed E-state index contributed by atoms with van der Waals surface area (Å²) in [5.41, 5.74) is 6.30. The molecule has 0 saturated carbocycles. The van der Waals surface area contributed by atoms with Gasteiger partial charge in [0.15, 0.2) is 11.5 Å². The molecule has 3 rings (SSSR count). The molecule has 1 aliphatic heterocycles. The molecule has 1 saturated heterocycles. The monoisotopic (exact) mass is 499 g/mol. The summed E-state index contributed by atoms with van der Waals surface area (Å²) in [6.07, 6.45) is 3.24. The van der Waals surface area contributed by atoms with Crippen LogP contribution in [0.1, 0.15) is 45.8 Å². The molecule has 154 valence electrons. The van der Waals surface area contributed by atoms with Crippen molar-refractivity contribution >= 4 is 38.1 Å². The van der Waals surface area contributed by atoms with Crippen molar-refractivity contribution in [2.75, 3.05) is 12.3 Å². The van der Waals surface area contributed by atoms with E-state index in [1.54, 1.807) is 8.87 Å². The fraction of sp³-hybridized carbons (Fsp3) is 0.722. The maximum atomic E-state index is 11.9. The number of hydrogen-bond acceptors (Lipinski definition) is 8. The van der Waals surface area contributed by atoms with Gasteiger partial charge in [-0.05, 0) is 0 Å². The Morgan fingerprint density at radius 2 is 1.82 bits per heavy atom. The van der Waals surface area contributed by atoms with Crippen LogP contribution in [0.3, 0.4) is 0 Å². The van der Waals surface area contributed by atoms with Crippen LogP contribution in [0.25, 0.3) is 11.2 Å². The number of nitrogen functional groups attached to an aromatic ring is 1. The molecular formula is C18H29N5O4Sn. The zero-order valence-electron chi connectivity index (χ0n) is 16.5. The van der Waals surface area contributed by atoms with E-state index in [0.29, 0.717) is 11.2 Å². The molecule has 0 unspecified atom stereocenters. The van der Waals surface area contributed by atoms with Crippen LogP contribution in [0.15, 0.2) is 12.7 Å². The molecule has 10 heteroatoms. The predicted octanol–water partition coefficient (Wildman–Crippen LogP) is -0.117. The van der Waals surface area contributed by atoms with E-state index >= 15 is 0 Å². The summed E-state index contributed by atoms with van der Waals surface area (Å²) >= 11 is 0.149. The number of aliphatic hydroxyl groups is 1. The summed E-state index contributed by atoms with van der Waals surface area (Å²) < 4.78 is 9.88. The average Bonchev–Trinajstić information content (AvgIpc) is 3.25. The molecule has 9 nitrogen and oxygen atoms in total. The molecule has 0 aliphatic carbocycles. The maximum absolute atomic E-state index is 11.9. The topological polar surface area (TPSA) is 145 Å². The molecule has 0 amide bonds. The number of rotatable bonds is 8. The Morgan fingerprint density at radius 3 is 2.39 bits per heavy atom. The van der Waals surface area contributed by atoms with Crippen molar-refractivity contribution in [3.05, 3.63) is 12.7 Å². The molecule has 1 aliphatic rings. The van der Waals surface area contributed by atoms with E-state index < -0.39 is 31.1 Å². The number of anilines is 1. The molecule has 3 N–H and O–H groups in total. The number of nitrogens with zero attached hydrogens (tertiary/aromatic N) is 4. The van der Waals surface area contributed by atoms with Crippen LogP contribution in [-0.2, 0) is 4.74 Å². The minimum Gasteiger partial charge on any atom is -0.851 e. The number of fused-ring (bicyclic) bond motifs is 1. The Bertz CT molecular complexity index is 710. The van der Waals surface area contributed by atoms with Crippen molar-refractivity contribution < 1.29 is 20.1 Å². The van der Waals surface area contributed by atoms with Gasteiger partial charge in [0.25, 0.3) is 0 Å². The largest absolute Gasteiger partial charge is 0.851 e. The third-order valence-electron chi connectivity index (χ3n) is 4.54. The van der Waals surface area contributed by atoms with E-state index in [0.717, 1.165) is 0 Å². The van der Waals surface area contributed by atoms with Crippen LogP contribution in [0.5, 0.6) is 0 Å². The SMILES string of the molecule is CCC[CH2][Sn+2][CH2]CCC.Nc1ncnc2c1ncn2[C@@H]1O[C@H](CO)[C@@H]([O-])[C@H]1[O-]. The predicted molar refractivity (Wildman–Crippen MR) is 103 cm³/mol. The van der Waals surface area contributed by atoms with Gasteiger partial charge in [0, 0.05) is 0 Å². The summed E-state index contributed by atoms with van der Waals surface area (Å²) in [6, 6.07) is 0. The van der Waals surface area contributed by atoms with Crippen LogP contribution < -0.4 is 15.9 Å². The van der Waals surface area contributed by atoms with Gasteiger partial charge >= 0.3 is 69.5 Å². The van der Waals surface area contributed by atoms with Crippen LogP contribution in [0.4, 0.5) is 5.82 Å². The second kappa shape index (κ2) is 11.9. The number of hydrogen-bond donors (Lipinski definition) is 2. The van der Waals surface area contributed by atoms with Gasteiger partial charge in [-0.1, -0.05) is 6.10 Å². The van der Waals surface area contributed by atoms with Gasteiger partial charge in [-0.15, -0.1) is 6.10 Å². The Hall–Kier alpha value is -1.01. The molecule has 0 spiro atoms. The van der Waals surface area contributed by atoms with Crippen LogP contribution in [-0.4, -0.2) is 70.7 Å². The quantitative estimate of drug-likeness (QED) is 0.379. The fourth-order valence-corrected chi connectivity index (χ4v) is 7.02. The van der Waals surface area contributed by atoms with Gasteiger partial charge in [-0.3, -0.25) is 4.57 Å². The van der Waals surface area contributed by atoms with E-state index in [9.17, 15) is 10.2 Å². The Balaban J connectivity index is 0.000000266. The normalized spacial score (nSPS) is 24.0. The average molecular weight is 498 g/mol. The molecule has 2 aromatic rings. The number of nitrogens with two attached hydrogens (primary N) is 1. The Kier molecular flexibility index (Phi) is 9.86. The van der Waals surface area contributed by atoms with Crippen LogP contribution >= 0.6 is 0 Å². The van der Waals surface area contributed by atoms with Gasteiger partial charge in [-0.2, -0.15) is 0 Å². The van der Waals surface area contributed by atoms with Crippen molar-refractivity contribution in [2.24, 2.45) is 0 Å². The zero-order chi connectivity index (χ0) is 20.5. The van der Waals surface area contributed by atoms with Crippen molar-refractivity contribution in [2.45, 2.75) is 72.9 Å². The first-order valence-electron chi connectivity index (χ1n) is 9.76. The fourth-order valence-electron chi connectivity index (χ4n) is 2.86. The number of ether oxygens (including phenoxy) is 1. The van der Waals surface area contributed by atoms with E-state index in [1.165, 1.54) is 42.9 Å². The molecule has 1 fully saturated rings. The van der Waals surface area contributed by atoms with Gasteiger partial charge in [0.05, 0.1) is 19.0 Å². The first-order valence-corrected chi connectivity index (χ1v) is 13.8. The van der Waals surface area contributed by atoms with Crippen LogP contribution in [0, 0.1) is 0 Å². The van der Waals surface area contributed by atoms with Crippen molar-refractivity contribution in [1.29, 1.82) is 0 Å². The van der Waals surface area contributed by atoms with Gasteiger partial charge in [0.1, 0.15) is 18.1 Å². The van der Waals surface area contributed by atoms with Gasteiger partial charge in [-0.25, -0.2) is 15.0 Å². The van der Waals surface area contributed by atoms with Gasteiger partial charge in [0.2, 0.25) is 0 Å². The summed E-state index contributed by atoms with van der Waals surface area (Å²) in [4.78, 5) is 11.8. The number of aromatic nitrogens is 4. The number of unbranched alkanes of at least 4 members (excludes halogenated alkanes) is 2. The summed E-state index contributed by atoms with van der Waals surface area (Å²) in [7, 11) is 0. The second-order valence-corrected chi connectivity index (χ2v) is 11.0. The molecule has 3 heterocycles. The number of aliphatic hydroxyl groups excluding tert-OH is 1. The molecule has 0 bridgehead atoms.